The van der Waals surface area contributed by atoms with Crippen LogP contribution in [0.2, 0.25) is 0 Å². The minimum atomic E-state index is -0.338. The van der Waals surface area contributed by atoms with Gasteiger partial charge in [0.2, 0.25) is 5.91 Å². The van der Waals surface area contributed by atoms with Crippen LogP contribution in [0.25, 0.3) is 11.0 Å². The maximum atomic E-state index is 11.6. The summed E-state index contributed by atoms with van der Waals surface area (Å²) in [5.41, 5.74) is 2.19. The third kappa shape index (κ3) is 5.01. The predicted octanol–water partition coefficient (Wildman–Crippen LogP) is 1.67. The molecule has 1 aliphatic rings. The van der Waals surface area contributed by atoms with Crippen LogP contribution in [0.5, 0.6) is 0 Å². The topological polar surface area (TPSA) is 88.2 Å². The van der Waals surface area contributed by atoms with Gasteiger partial charge in [-0.05, 0) is 58.3 Å². The lowest BCUT2D eigenvalue weighted by atomic mass is 10.0. The monoisotopic (exact) mass is 488 g/mol. The molecule has 0 unspecified atom stereocenters. The fourth-order valence-electron chi connectivity index (χ4n) is 3.18. The van der Waals surface area contributed by atoms with E-state index in [1.807, 2.05) is 74.1 Å². The lowest BCUT2D eigenvalue weighted by molar-refractivity contribution is -0.480. The summed E-state index contributed by atoms with van der Waals surface area (Å²) in [5.74, 6) is 0.0762. The Morgan fingerprint density at radius 3 is 2.48 bits per heavy atom. The van der Waals surface area contributed by atoms with E-state index in [2.05, 4.69) is 36.5 Å². The molecule has 2 heterocycles. The smallest absolute Gasteiger partial charge is 0.358 e. The number of para-hydroxylation sites is 1. The molecule has 0 aliphatic heterocycles. The number of halogens is 1. The second kappa shape index (κ2) is 9.42. The van der Waals surface area contributed by atoms with Crippen molar-refractivity contribution >= 4 is 38.9 Å². The van der Waals surface area contributed by atoms with E-state index in [0.717, 1.165) is 34.0 Å². The number of nitrogens with one attached hydrogen (secondary N) is 1. The van der Waals surface area contributed by atoms with Crippen molar-refractivity contribution in [3.8, 4) is 0 Å². The van der Waals surface area contributed by atoms with Crippen LogP contribution in [0.15, 0.2) is 47.1 Å². The number of carbonyl (C=O) groups is 1. The molecule has 1 aliphatic carbocycles. The summed E-state index contributed by atoms with van der Waals surface area (Å²) in [7, 11) is 9.31. The highest BCUT2D eigenvalue weighted by molar-refractivity contribution is 9.10. The number of nitrogens with zero attached hydrogens (tertiary/aromatic N) is 6. The number of aromatic nitrogens is 4. The molecule has 2 aromatic heterocycles. The maximum Gasteiger partial charge on any atom is 0.471 e. The van der Waals surface area contributed by atoms with Gasteiger partial charge in [-0.3, -0.25) is 14.6 Å². The molecule has 1 amide bonds. The molecule has 1 fully saturated rings. The fourth-order valence-corrected chi connectivity index (χ4v) is 3.41. The van der Waals surface area contributed by atoms with Gasteiger partial charge in [-0.15, -0.1) is 5.10 Å². The summed E-state index contributed by atoms with van der Waals surface area (Å²) in [6.45, 7) is 0. The highest BCUT2D eigenvalue weighted by Gasteiger charge is 2.52. The number of hydrogen-bond acceptors (Lipinski definition) is 5. The van der Waals surface area contributed by atoms with Crippen LogP contribution < -0.4 is 10.2 Å². The number of benzene rings is 1. The maximum absolute atomic E-state index is 11.6. The molecule has 4 rings (SSSR count). The van der Waals surface area contributed by atoms with E-state index in [4.69, 9.17) is 4.84 Å². The Morgan fingerprint density at radius 1 is 1.23 bits per heavy atom. The van der Waals surface area contributed by atoms with Crippen molar-refractivity contribution in [2.75, 3.05) is 35.2 Å². The number of hydrogen-bond donors (Lipinski definition) is 1. The molecule has 1 N–H and O–H groups in total. The van der Waals surface area contributed by atoms with Crippen molar-refractivity contribution in [1.82, 2.24) is 30.4 Å². The predicted molar refractivity (Wildman–Crippen MR) is 122 cm³/mol. The van der Waals surface area contributed by atoms with E-state index in [0.29, 0.717) is 6.02 Å². The zero-order chi connectivity index (χ0) is 22.6. The second-order valence-electron chi connectivity index (χ2n) is 7.64. The molecule has 10 heteroatoms. The molecule has 0 saturated heterocycles. The van der Waals surface area contributed by atoms with Crippen molar-refractivity contribution in [1.29, 1.82) is 0 Å². The minimum Gasteiger partial charge on any atom is -0.358 e. The molecule has 9 nitrogen and oxygen atoms in total. The Hall–Kier alpha value is -3.01. The minimum absolute atomic E-state index is 0.0762. The van der Waals surface area contributed by atoms with E-state index in [1.165, 1.54) is 4.85 Å². The Bertz CT molecular complexity index is 1080. The molecule has 164 valence electrons. The summed E-state index contributed by atoms with van der Waals surface area (Å²) in [6, 6.07) is 12.2. The molecule has 1 aromatic carbocycles. The second-order valence-corrected chi connectivity index (χ2v) is 8.55. The summed E-state index contributed by atoms with van der Waals surface area (Å²) in [5, 5.41) is 10.7. The Balaban J connectivity index is 0.000000179. The number of fused-ring (bicyclic) bond motifs is 1. The van der Waals surface area contributed by atoms with E-state index < -0.39 is 0 Å². The highest BCUT2D eigenvalue weighted by Crippen LogP contribution is 2.47. The van der Waals surface area contributed by atoms with Crippen molar-refractivity contribution in [3.63, 3.8) is 0 Å². The van der Waals surface area contributed by atoms with Crippen molar-refractivity contribution in [2.24, 2.45) is 0 Å². The van der Waals surface area contributed by atoms with E-state index in [1.54, 1.807) is 13.2 Å². The van der Waals surface area contributed by atoms with Gasteiger partial charge in [0.1, 0.15) is 11.0 Å². The first-order chi connectivity index (χ1) is 14.8. The molecule has 0 radical (unpaired) electrons. The molecular formula is C21H27BrN7O2+. The van der Waals surface area contributed by atoms with Crippen LogP contribution in [0.1, 0.15) is 18.5 Å². The van der Waals surface area contributed by atoms with Gasteiger partial charge in [0, 0.05) is 17.7 Å². The quantitative estimate of drug-likeness (QED) is 0.342. The SMILES string of the molecule is CN(C)C(On1nnc2ccccc21)=[N+](C)C.CNC(=O)C1(c2ccc(Br)cn2)CC1. The third-order valence-corrected chi connectivity index (χ3v) is 5.35. The Kier molecular flexibility index (Phi) is 6.89. The van der Waals surface area contributed by atoms with Gasteiger partial charge in [-0.25, -0.2) is 9.48 Å². The first-order valence-corrected chi connectivity index (χ1v) is 10.6. The van der Waals surface area contributed by atoms with Crippen LogP contribution in [-0.2, 0) is 10.2 Å². The standard InChI is InChI=1S/C11H16N5O.C10H11BrN2O/c1-14(2)11(15(3)4)17-16-10-8-6-5-7-9(10)12-13-16;1-12-9(14)10(4-5-10)8-3-2-7(11)6-13-8/h5-8H,1-4H3;2-3,6H,4-5H2,1H3,(H,12,14)/q+1;. The molecule has 31 heavy (non-hydrogen) atoms. The van der Waals surface area contributed by atoms with Crippen molar-refractivity contribution in [2.45, 2.75) is 18.3 Å². The van der Waals surface area contributed by atoms with Gasteiger partial charge in [-0.1, -0.05) is 17.0 Å². The largest absolute Gasteiger partial charge is 0.471 e. The molecule has 0 bridgehead atoms. The number of amides is 1. The van der Waals surface area contributed by atoms with Crippen LogP contribution in [0.3, 0.4) is 0 Å². The highest BCUT2D eigenvalue weighted by atomic mass is 79.9. The Labute approximate surface area is 189 Å². The average molecular weight is 489 g/mol. The summed E-state index contributed by atoms with van der Waals surface area (Å²) < 4.78 is 2.81. The van der Waals surface area contributed by atoms with Crippen LogP contribution in [0.4, 0.5) is 0 Å². The van der Waals surface area contributed by atoms with E-state index in [-0.39, 0.29) is 11.3 Å². The number of amidine groups is 1. The number of likely N-dealkylation sites (N-methyl/N-ethyl adjacent to an activating group) is 1. The number of pyridine rings is 1. The molecule has 3 aromatic rings. The van der Waals surface area contributed by atoms with Crippen molar-refractivity contribution < 1.29 is 14.2 Å². The zero-order valence-electron chi connectivity index (χ0n) is 18.3. The van der Waals surface area contributed by atoms with Gasteiger partial charge in [0.25, 0.3) is 0 Å². The van der Waals surface area contributed by atoms with Crippen LogP contribution in [0, 0.1) is 0 Å². The average Bonchev–Trinajstić information content (AvgIpc) is 3.47. The van der Waals surface area contributed by atoms with Crippen molar-refractivity contribution in [3.05, 3.63) is 52.8 Å². The number of carbonyl (C=O) groups excluding carboxylic acids is 1. The van der Waals surface area contributed by atoms with Gasteiger partial charge < -0.3 is 5.32 Å². The van der Waals surface area contributed by atoms with Gasteiger partial charge in [0.15, 0.2) is 0 Å². The lowest BCUT2D eigenvalue weighted by Crippen LogP contribution is -2.39. The number of rotatable bonds is 3. The first kappa shape index (κ1) is 22.7. The van der Waals surface area contributed by atoms with Crippen LogP contribution in [-0.4, -0.2) is 76.8 Å². The van der Waals surface area contributed by atoms with E-state index >= 15 is 0 Å². The summed E-state index contributed by atoms with van der Waals surface area (Å²) >= 11 is 3.32. The summed E-state index contributed by atoms with van der Waals surface area (Å²) in [4.78, 5) is 24.9. The van der Waals surface area contributed by atoms with Gasteiger partial charge in [0.05, 0.1) is 39.3 Å². The van der Waals surface area contributed by atoms with Gasteiger partial charge >= 0.3 is 6.02 Å². The molecule has 0 atom stereocenters. The van der Waals surface area contributed by atoms with E-state index in [9.17, 15) is 4.79 Å². The normalized spacial score (nSPS) is 13.6. The van der Waals surface area contributed by atoms with Crippen LogP contribution >= 0.6 is 15.9 Å². The Morgan fingerprint density at radius 2 is 1.94 bits per heavy atom. The third-order valence-electron chi connectivity index (χ3n) is 4.88. The lowest BCUT2D eigenvalue weighted by Gasteiger charge is -2.12. The van der Waals surface area contributed by atoms with Gasteiger partial charge in [-0.2, -0.15) is 0 Å². The molecule has 1 saturated carbocycles. The molecule has 0 spiro atoms. The fraction of sp³-hybridized carbons (Fsp3) is 0.381. The zero-order valence-corrected chi connectivity index (χ0v) is 19.9. The summed E-state index contributed by atoms with van der Waals surface area (Å²) in [6.07, 6.45) is 3.54. The molecular weight excluding hydrogens is 462 g/mol. The first-order valence-electron chi connectivity index (χ1n) is 9.83.